The van der Waals surface area contributed by atoms with Gasteiger partial charge in [-0.3, -0.25) is 0 Å². The minimum atomic E-state index is -3.55. The lowest BCUT2D eigenvalue weighted by Crippen LogP contribution is -2.45. The van der Waals surface area contributed by atoms with Gasteiger partial charge < -0.3 is 15.4 Å². The van der Waals surface area contributed by atoms with E-state index in [4.69, 9.17) is 10.5 Å². The van der Waals surface area contributed by atoms with E-state index >= 15 is 0 Å². The highest BCUT2D eigenvalue weighted by molar-refractivity contribution is 7.89. The van der Waals surface area contributed by atoms with Crippen LogP contribution >= 0.6 is 0 Å². The van der Waals surface area contributed by atoms with Crippen molar-refractivity contribution in [3.8, 4) is 0 Å². The summed E-state index contributed by atoms with van der Waals surface area (Å²) >= 11 is 0. The van der Waals surface area contributed by atoms with Crippen LogP contribution in [0.2, 0.25) is 0 Å². The molecule has 2 rings (SSSR count). The Labute approximate surface area is 120 Å². The molecule has 7 heteroatoms. The highest BCUT2D eigenvalue weighted by Crippen LogP contribution is 2.16. The maximum Gasteiger partial charge on any atom is 0.240 e. The Hall–Kier alpha value is -1.15. The smallest absolute Gasteiger partial charge is 0.240 e. The van der Waals surface area contributed by atoms with E-state index < -0.39 is 10.0 Å². The highest BCUT2D eigenvalue weighted by atomic mass is 32.2. The fourth-order valence-corrected chi connectivity index (χ4v) is 3.41. The molecule has 0 spiro atoms. The molecule has 0 aromatic heterocycles. The van der Waals surface area contributed by atoms with Crippen LogP contribution in [-0.2, 0) is 14.8 Å². The number of benzene rings is 1. The number of rotatable bonds is 4. The number of likely N-dealkylation sites (N-methyl/N-ethyl adjacent to an activating group) is 1. The first-order valence-electron chi connectivity index (χ1n) is 6.54. The molecular weight excluding hydrogens is 278 g/mol. The van der Waals surface area contributed by atoms with Crippen molar-refractivity contribution < 1.29 is 13.2 Å². The van der Waals surface area contributed by atoms with Gasteiger partial charge in [0.05, 0.1) is 17.6 Å². The molecule has 1 aromatic carbocycles. The summed E-state index contributed by atoms with van der Waals surface area (Å²) in [6, 6.07) is 4.80. The molecule has 0 amide bonds. The summed E-state index contributed by atoms with van der Waals surface area (Å²) in [5.41, 5.74) is 6.95. The summed E-state index contributed by atoms with van der Waals surface area (Å²) < 4.78 is 32.6. The van der Waals surface area contributed by atoms with Crippen LogP contribution < -0.4 is 10.5 Å². The molecule has 1 aliphatic rings. The molecule has 1 heterocycles. The molecule has 1 aliphatic heterocycles. The minimum absolute atomic E-state index is 0.120. The van der Waals surface area contributed by atoms with Crippen LogP contribution in [0.25, 0.3) is 0 Å². The van der Waals surface area contributed by atoms with Crippen LogP contribution in [0, 0.1) is 6.92 Å². The van der Waals surface area contributed by atoms with Gasteiger partial charge in [-0.25, -0.2) is 13.1 Å². The molecule has 0 bridgehead atoms. The Morgan fingerprint density at radius 3 is 2.85 bits per heavy atom. The highest BCUT2D eigenvalue weighted by Gasteiger charge is 2.21. The number of anilines is 1. The van der Waals surface area contributed by atoms with Gasteiger partial charge in [-0.2, -0.15) is 0 Å². The van der Waals surface area contributed by atoms with E-state index in [2.05, 4.69) is 9.62 Å². The van der Waals surface area contributed by atoms with Gasteiger partial charge in [0.1, 0.15) is 0 Å². The van der Waals surface area contributed by atoms with Crippen LogP contribution in [0.1, 0.15) is 5.56 Å². The third kappa shape index (κ3) is 3.92. The van der Waals surface area contributed by atoms with Crippen molar-refractivity contribution in [3.63, 3.8) is 0 Å². The van der Waals surface area contributed by atoms with Crippen molar-refractivity contribution in [3.05, 3.63) is 23.8 Å². The number of morpholine rings is 1. The second kappa shape index (κ2) is 6.09. The van der Waals surface area contributed by atoms with Crippen LogP contribution in [0.4, 0.5) is 5.69 Å². The largest absolute Gasteiger partial charge is 0.399 e. The van der Waals surface area contributed by atoms with Crippen molar-refractivity contribution in [1.29, 1.82) is 0 Å². The number of nitrogens with one attached hydrogen (secondary N) is 1. The Morgan fingerprint density at radius 2 is 2.20 bits per heavy atom. The summed E-state index contributed by atoms with van der Waals surface area (Å²) in [5, 5.41) is 0. The molecule has 1 atom stereocenters. The fraction of sp³-hybridized carbons (Fsp3) is 0.538. The first-order chi connectivity index (χ1) is 9.37. The number of nitrogens with zero attached hydrogens (tertiary/aromatic N) is 1. The summed E-state index contributed by atoms with van der Waals surface area (Å²) in [6.45, 7) is 4.30. The summed E-state index contributed by atoms with van der Waals surface area (Å²) in [5.74, 6) is 0. The SMILES string of the molecule is Cc1cc(N)cc(S(=O)(=O)NCC2CN(C)CCO2)c1. The Balaban J connectivity index is 2.03. The van der Waals surface area contributed by atoms with Crippen molar-refractivity contribution in [2.75, 3.05) is 39.0 Å². The van der Waals surface area contributed by atoms with Crippen molar-refractivity contribution in [2.45, 2.75) is 17.9 Å². The Bertz CT molecular complexity index is 554. The van der Waals surface area contributed by atoms with Gasteiger partial charge in [-0.1, -0.05) is 0 Å². The summed E-state index contributed by atoms with van der Waals surface area (Å²) in [4.78, 5) is 2.31. The van der Waals surface area contributed by atoms with Gasteiger partial charge >= 0.3 is 0 Å². The molecule has 1 saturated heterocycles. The number of hydrogen-bond donors (Lipinski definition) is 2. The number of ether oxygens (including phenoxy) is 1. The topological polar surface area (TPSA) is 84.7 Å². The molecule has 1 aromatic rings. The van der Waals surface area contributed by atoms with E-state index in [0.29, 0.717) is 12.3 Å². The normalized spacial score (nSPS) is 21.0. The lowest BCUT2D eigenvalue weighted by Gasteiger charge is -2.30. The van der Waals surface area contributed by atoms with Crippen LogP contribution in [-0.4, -0.2) is 52.7 Å². The lowest BCUT2D eigenvalue weighted by molar-refractivity contribution is -0.0156. The Kier molecular flexibility index (Phi) is 4.64. The van der Waals surface area contributed by atoms with Crippen molar-refractivity contribution in [2.24, 2.45) is 0 Å². The molecule has 0 saturated carbocycles. The van der Waals surface area contributed by atoms with Crippen LogP contribution in [0.5, 0.6) is 0 Å². The van der Waals surface area contributed by atoms with E-state index in [9.17, 15) is 8.42 Å². The van der Waals surface area contributed by atoms with E-state index in [0.717, 1.165) is 18.7 Å². The zero-order valence-electron chi connectivity index (χ0n) is 11.8. The Morgan fingerprint density at radius 1 is 1.45 bits per heavy atom. The predicted octanol–water partition coefficient (Wildman–Crippen LogP) is 0.186. The zero-order valence-corrected chi connectivity index (χ0v) is 12.6. The number of nitrogens with two attached hydrogens (primary N) is 1. The first kappa shape index (κ1) is 15.2. The molecule has 20 heavy (non-hydrogen) atoms. The summed E-state index contributed by atoms with van der Waals surface area (Å²) in [7, 11) is -1.56. The average Bonchev–Trinajstić information content (AvgIpc) is 2.35. The second-order valence-electron chi connectivity index (χ2n) is 5.19. The molecular formula is C13H21N3O3S. The minimum Gasteiger partial charge on any atom is -0.399 e. The molecule has 0 aliphatic carbocycles. The first-order valence-corrected chi connectivity index (χ1v) is 8.02. The number of sulfonamides is 1. The number of hydrogen-bond acceptors (Lipinski definition) is 5. The third-order valence-corrected chi connectivity index (χ3v) is 4.63. The quantitative estimate of drug-likeness (QED) is 0.775. The van der Waals surface area contributed by atoms with E-state index in [-0.39, 0.29) is 17.5 Å². The molecule has 3 N–H and O–H groups in total. The van der Waals surface area contributed by atoms with E-state index in [1.165, 1.54) is 6.07 Å². The van der Waals surface area contributed by atoms with Gasteiger partial charge in [0.25, 0.3) is 0 Å². The van der Waals surface area contributed by atoms with Gasteiger partial charge in [-0.05, 0) is 37.7 Å². The van der Waals surface area contributed by atoms with Crippen LogP contribution in [0.15, 0.2) is 23.1 Å². The lowest BCUT2D eigenvalue weighted by atomic mass is 10.2. The number of aryl methyl sites for hydroxylation is 1. The fourth-order valence-electron chi connectivity index (χ4n) is 2.21. The molecule has 112 valence electrons. The van der Waals surface area contributed by atoms with Crippen molar-refractivity contribution >= 4 is 15.7 Å². The molecule has 1 fully saturated rings. The van der Waals surface area contributed by atoms with Gasteiger partial charge in [0.2, 0.25) is 10.0 Å². The van der Waals surface area contributed by atoms with Gasteiger partial charge in [-0.15, -0.1) is 0 Å². The van der Waals surface area contributed by atoms with Gasteiger partial charge in [0.15, 0.2) is 0 Å². The average molecular weight is 299 g/mol. The van der Waals surface area contributed by atoms with Crippen molar-refractivity contribution in [1.82, 2.24) is 9.62 Å². The molecule has 0 radical (unpaired) electrons. The second-order valence-corrected chi connectivity index (χ2v) is 6.95. The van der Waals surface area contributed by atoms with Gasteiger partial charge in [0, 0.05) is 25.3 Å². The predicted molar refractivity (Wildman–Crippen MR) is 78.0 cm³/mol. The summed E-state index contributed by atoms with van der Waals surface area (Å²) in [6.07, 6.45) is -0.120. The van der Waals surface area contributed by atoms with E-state index in [1.807, 2.05) is 14.0 Å². The molecule has 1 unspecified atom stereocenters. The molecule has 6 nitrogen and oxygen atoms in total. The maximum atomic E-state index is 12.2. The van der Waals surface area contributed by atoms with Crippen LogP contribution in [0.3, 0.4) is 0 Å². The zero-order chi connectivity index (χ0) is 14.8. The standard InChI is InChI=1S/C13H21N3O3S/c1-10-5-11(14)7-13(6-10)20(17,18)15-8-12-9-16(2)3-4-19-12/h5-7,12,15H,3-4,8-9,14H2,1-2H3. The number of nitrogen functional groups attached to an aromatic ring is 1. The third-order valence-electron chi connectivity index (χ3n) is 3.23. The van der Waals surface area contributed by atoms with E-state index in [1.54, 1.807) is 12.1 Å². The maximum absolute atomic E-state index is 12.2. The monoisotopic (exact) mass is 299 g/mol.